The van der Waals surface area contributed by atoms with Gasteiger partial charge in [0.25, 0.3) is 0 Å². The van der Waals surface area contributed by atoms with E-state index in [1.807, 2.05) is 0 Å². The van der Waals surface area contributed by atoms with E-state index < -0.39 is 11.6 Å². The van der Waals surface area contributed by atoms with Gasteiger partial charge in [-0.1, -0.05) is 63.8 Å². The zero-order valence-corrected chi connectivity index (χ0v) is 14.5. The second-order valence-corrected chi connectivity index (χ2v) is 6.36. The zero-order chi connectivity index (χ0) is 17.0. The van der Waals surface area contributed by atoms with Gasteiger partial charge in [-0.3, -0.25) is 10.8 Å². The van der Waals surface area contributed by atoms with Crippen molar-refractivity contribution in [3.8, 4) is 0 Å². The summed E-state index contributed by atoms with van der Waals surface area (Å²) in [5, 5.41) is 15.1. The van der Waals surface area contributed by atoms with Crippen molar-refractivity contribution in [2.45, 2.75) is 59.3 Å². The minimum atomic E-state index is -0.650. The maximum Gasteiger partial charge on any atom is 0.129 e. The standard InChI is InChI=1S/C10H10F2N2S.C7H16/c1-6(13)15-10(14)4-7-2-3-8(11)5-9(7)12;1-3-5-7-6-4-2/h2-3,5,13-14H,4H2,1H3;3-7H2,1-2H3. The van der Waals surface area contributed by atoms with Crippen LogP contribution in [-0.4, -0.2) is 10.1 Å². The molecule has 0 aliphatic carbocycles. The highest BCUT2D eigenvalue weighted by Crippen LogP contribution is 2.14. The van der Waals surface area contributed by atoms with E-state index in [-0.39, 0.29) is 22.1 Å². The lowest BCUT2D eigenvalue weighted by atomic mass is 10.1. The smallest absolute Gasteiger partial charge is 0.129 e. The third kappa shape index (κ3) is 10.5. The molecule has 1 rings (SSSR count). The fraction of sp³-hybridized carbons (Fsp3) is 0.529. The van der Waals surface area contributed by atoms with Crippen LogP contribution >= 0.6 is 11.8 Å². The molecule has 0 fully saturated rings. The van der Waals surface area contributed by atoms with Gasteiger partial charge < -0.3 is 0 Å². The highest BCUT2D eigenvalue weighted by Gasteiger charge is 2.07. The van der Waals surface area contributed by atoms with Crippen molar-refractivity contribution in [2.75, 3.05) is 0 Å². The summed E-state index contributed by atoms with van der Waals surface area (Å²) in [7, 11) is 0. The molecule has 22 heavy (non-hydrogen) atoms. The summed E-state index contributed by atoms with van der Waals surface area (Å²) in [5.74, 6) is -1.28. The Morgan fingerprint density at radius 2 is 1.64 bits per heavy atom. The van der Waals surface area contributed by atoms with E-state index in [2.05, 4.69) is 13.8 Å². The molecular formula is C17H26F2N2S. The quantitative estimate of drug-likeness (QED) is 0.365. The first-order valence-electron chi connectivity index (χ1n) is 7.65. The van der Waals surface area contributed by atoms with Crippen LogP contribution in [0.15, 0.2) is 18.2 Å². The molecule has 5 heteroatoms. The van der Waals surface area contributed by atoms with Crippen molar-refractivity contribution in [3.05, 3.63) is 35.4 Å². The minimum Gasteiger partial charge on any atom is -0.298 e. The van der Waals surface area contributed by atoms with E-state index in [1.54, 1.807) is 6.92 Å². The van der Waals surface area contributed by atoms with E-state index >= 15 is 0 Å². The van der Waals surface area contributed by atoms with Crippen LogP contribution in [0.2, 0.25) is 0 Å². The van der Waals surface area contributed by atoms with Gasteiger partial charge in [-0.2, -0.15) is 0 Å². The number of hydrogen-bond donors (Lipinski definition) is 2. The molecule has 1 aromatic rings. The third-order valence-electron chi connectivity index (χ3n) is 2.85. The van der Waals surface area contributed by atoms with Crippen molar-refractivity contribution >= 4 is 21.8 Å². The van der Waals surface area contributed by atoms with Gasteiger partial charge in [-0.15, -0.1) is 0 Å². The van der Waals surface area contributed by atoms with Crippen molar-refractivity contribution < 1.29 is 8.78 Å². The molecule has 124 valence electrons. The van der Waals surface area contributed by atoms with Crippen LogP contribution in [0.3, 0.4) is 0 Å². The predicted molar refractivity (Wildman–Crippen MR) is 93.2 cm³/mol. The average Bonchev–Trinajstić information content (AvgIpc) is 2.42. The summed E-state index contributed by atoms with van der Waals surface area (Å²) in [4.78, 5) is 0. The number of thioether (sulfide) groups is 1. The molecule has 0 saturated heterocycles. The monoisotopic (exact) mass is 328 g/mol. The SMILES string of the molecule is CC(=N)SC(=N)Cc1ccc(F)cc1F.CCCCCCC. The summed E-state index contributed by atoms with van der Waals surface area (Å²) in [6.45, 7) is 6.05. The Bertz CT molecular complexity index is 472. The first-order chi connectivity index (χ1) is 10.4. The van der Waals surface area contributed by atoms with Crippen molar-refractivity contribution in [1.82, 2.24) is 0 Å². The summed E-state index contributed by atoms with van der Waals surface area (Å²) in [6, 6.07) is 3.28. The van der Waals surface area contributed by atoms with Crippen LogP contribution in [0.5, 0.6) is 0 Å². The number of halogens is 2. The predicted octanol–water partition coefficient (Wildman–Crippen LogP) is 6.19. The van der Waals surface area contributed by atoms with Crippen molar-refractivity contribution in [1.29, 1.82) is 10.8 Å². The molecule has 0 atom stereocenters. The van der Waals surface area contributed by atoms with E-state index in [0.717, 1.165) is 23.9 Å². The van der Waals surface area contributed by atoms with Crippen LogP contribution in [0.1, 0.15) is 58.4 Å². The maximum absolute atomic E-state index is 13.1. The van der Waals surface area contributed by atoms with Crippen LogP contribution in [0.4, 0.5) is 8.78 Å². The molecule has 0 aliphatic heterocycles. The molecule has 1 aromatic carbocycles. The van der Waals surface area contributed by atoms with Gasteiger partial charge >= 0.3 is 0 Å². The van der Waals surface area contributed by atoms with Gasteiger partial charge in [0.1, 0.15) is 11.6 Å². The zero-order valence-electron chi connectivity index (χ0n) is 13.6. The first kappa shape index (κ1) is 20.8. The van der Waals surface area contributed by atoms with Crippen LogP contribution in [-0.2, 0) is 6.42 Å². The Morgan fingerprint density at radius 3 is 2.09 bits per heavy atom. The summed E-state index contributed by atoms with van der Waals surface area (Å²) in [5.41, 5.74) is 0.273. The number of benzene rings is 1. The molecule has 0 heterocycles. The molecule has 0 radical (unpaired) electrons. The molecule has 0 bridgehead atoms. The van der Waals surface area contributed by atoms with Gasteiger partial charge in [0.2, 0.25) is 0 Å². The highest BCUT2D eigenvalue weighted by atomic mass is 32.2. The number of nitrogens with one attached hydrogen (secondary N) is 2. The van der Waals surface area contributed by atoms with E-state index in [4.69, 9.17) is 10.8 Å². The van der Waals surface area contributed by atoms with Gasteiger partial charge in [-0.25, -0.2) is 8.78 Å². The molecule has 0 saturated carbocycles. The topological polar surface area (TPSA) is 47.7 Å². The van der Waals surface area contributed by atoms with Gasteiger partial charge in [0.15, 0.2) is 0 Å². The van der Waals surface area contributed by atoms with Crippen LogP contribution in [0, 0.1) is 22.5 Å². The Kier molecular flexibility index (Phi) is 11.6. The largest absolute Gasteiger partial charge is 0.298 e. The molecule has 0 aliphatic rings. The van der Waals surface area contributed by atoms with Crippen LogP contribution in [0.25, 0.3) is 0 Å². The number of unbranched alkanes of at least 4 members (excludes halogenated alkanes) is 4. The van der Waals surface area contributed by atoms with E-state index in [0.29, 0.717) is 0 Å². The van der Waals surface area contributed by atoms with Gasteiger partial charge in [0, 0.05) is 12.5 Å². The summed E-state index contributed by atoms with van der Waals surface area (Å²) >= 11 is 0.968. The lowest BCUT2D eigenvalue weighted by Crippen LogP contribution is -2.01. The van der Waals surface area contributed by atoms with E-state index in [9.17, 15) is 8.78 Å². The Labute approximate surface area is 136 Å². The molecule has 0 aromatic heterocycles. The normalized spacial score (nSPS) is 9.86. The highest BCUT2D eigenvalue weighted by molar-refractivity contribution is 8.26. The fourth-order valence-electron chi connectivity index (χ4n) is 1.74. The van der Waals surface area contributed by atoms with Gasteiger partial charge in [0.05, 0.1) is 10.1 Å². The number of rotatable bonds is 6. The third-order valence-corrected chi connectivity index (χ3v) is 3.55. The molecule has 2 N–H and O–H groups in total. The lowest BCUT2D eigenvalue weighted by Gasteiger charge is -2.03. The molecule has 0 amide bonds. The fourth-order valence-corrected chi connectivity index (χ4v) is 2.33. The molecule has 2 nitrogen and oxygen atoms in total. The molecule has 0 spiro atoms. The lowest BCUT2D eigenvalue weighted by molar-refractivity contribution is 0.576. The second-order valence-electron chi connectivity index (χ2n) is 5.05. The first-order valence-corrected chi connectivity index (χ1v) is 8.46. The Hall–Kier alpha value is -1.23. The van der Waals surface area contributed by atoms with Crippen molar-refractivity contribution in [2.24, 2.45) is 0 Å². The van der Waals surface area contributed by atoms with Crippen molar-refractivity contribution in [3.63, 3.8) is 0 Å². The summed E-state index contributed by atoms with van der Waals surface area (Å²) < 4.78 is 25.7. The van der Waals surface area contributed by atoms with Gasteiger partial charge in [-0.05, 0) is 18.6 Å². The Morgan fingerprint density at radius 1 is 1.05 bits per heavy atom. The molecule has 0 unspecified atom stereocenters. The number of hydrogen-bond acceptors (Lipinski definition) is 3. The Balaban J connectivity index is 0.000000534. The molecular weight excluding hydrogens is 302 g/mol. The summed E-state index contributed by atoms with van der Waals surface area (Å²) in [6.07, 6.45) is 7.10. The minimum absolute atomic E-state index is 0.0903. The van der Waals surface area contributed by atoms with Crippen LogP contribution < -0.4 is 0 Å². The van der Waals surface area contributed by atoms with E-state index in [1.165, 1.54) is 38.2 Å². The average molecular weight is 328 g/mol. The second kappa shape index (κ2) is 12.3. The maximum atomic E-state index is 13.1.